The van der Waals surface area contributed by atoms with Crippen molar-refractivity contribution in [1.29, 1.82) is 0 Å². The normalized spacial score (nSPS) is 25.7. The van der Waals surface area contributed by atoms with E-state index in [1.807, 2.05) is 45.2 Å². The highest BCUT2D eigenvalue weighted by Gasteiger charge is 2.38. The smallest absolute Gasteiger partial charge is 0.406 e. The van der Waals surface area contributed by atoms with Gasteiger partial charge in [0, 0.05) is 87.4 Å². The summed E-state index contributed by atoms with van der Waals surface area (Å²) in [5.41, 5.74) is 14.4. The Morgan fingerprint density at radius 3 is 2.57 bits per heavy atom. The molecular weight excluding hydrogens is 750 g/mol. The molecule has 5 aliphatic rings. The van der Waals surface area contributed by atoms with E-state index in [1.165, 1.54) is 22.4 Å². The summed E-state index contributed by atoms with van der Waals surface area (Å²) < 4.78 is 57.8. The first-order chi connectivity index (χ1) is 27.7. The van der Waals surface area contributed by atoms with Crippen LogP contribution in [0.15, 0.2) is 36.5 Å². The topological polar surface area (TPSA) is 121 Å². The van der Waals surface area contributed by atoms with Crippen molar-refractivity contribution in [3.8, 4) is 11.3 Å². The number of pyridine rings is 1. The minimum atomic E-state index is -4.53. The van der Waals surface area contributed by atoms with Gasteiger partial charge >= 0.3 is 12.1 Å². The largest absolute Gasteiger partial charge is 0.464 e. The van der Waals surface area contributed by atoms with Crippen LogP contribution in [0.3, 0.4) is 0 Å². The van der Waals surface area contributed by atoms with Crippen LogP contribution >= 0.6 is 0 Å². The summed E-state index contributed by atoms with van der Waals surface area (Å²) in [6.07, 6.45) is 3.57. The Balaban J connectivity index is 1.29. The zero-order valence-electron chi connectivity index (χ0n) is 34.1. The number of carbonyl (C=O) groups is 2. The van der Waals surface area contributed by atoms with E-state index in [0.717, 1.165) is 55.0 Å². The van der Waals surface area contributed by atoms with Gasteiger partial charge in [-0.05, 0) is 80.3 Å². The van der Waals surface area contributed by atoms with Crippen LogP contribution in [-0.4, -0.2) is 127 Å². The summed E-state index contributed by atoms with van der Waals surface area (Å²) in [5.74, 6) is -0.760. The molecule has 314 valence electrons. The molecule has 1 aromatic carbocycles. The van der Waals surface area contributed by atoms with Gasteiger partial charge in [-0.2, -0.15) is 13.2 Å². The van der Waals surface area contributed by atoms with E-state index in [-0.39, 0.29) is 12.5 Å². The second-order valence-corrected chi connectivity index (χ2v) is 17.6. The molecule has 1 aliphatic carbocycles. The molecule has 6 heterocycles. The van der Waals surface area contributed by atoms with Crippen LogP contribution in [0.1, 0.15) is 75.8 Å². The monoisotopic (exact) mass is 806 g/mol. The van der Waals surface area contributed by atoms with Gasteiger partial charge in [-0.1, -0.05) is 26.0 Å². The third-order valence-corrected chi connectivity index (χ3v) is 12.5. The Kier molecular flexibility index (Phi) is 11.4. The van der Waals surface area contributed by atoms with Gasteiger partial charge in [-0.15, -0.1) is 0 Å². The van der Waals surface area contributed by atoms with E-state index in [1.54, 1.807) is 13.2 Å². The number of hydrogen-bond donors (Lipinski definition) is 2. The van der Waals surface area contributed by atoms with Gasteiger partial charge in [-0.3, -0.25) is 29.4 Å². The van der Waals surface area contributed by atoms with Crippen molar-refractivity contribution in [2.75, 3.05) is 71.0 Å². The van der Waals surface area contributed by atoms with Crippen molar-refractivity contribution >= 4 is 34.0 Å². The SMILES string of the molecule is CO[C@@H](C)c1ncc(N2CCN(C3CC3)CC2)cc1-c1c2c3cc(ccc3n1CC(F)(F)F)C1=CCCN(C1)C[C@H](N)C(=O)N1CCC[C@H](N1)C(=O)OCC(C)(C)C2. The molecule has 1 unspecified atom stereocenters. The number of anilines is 1. The molecule has 3 N–H and O–H groups in total. The van der Waals surface area contributed by atoms with E-state index in [0.29, 0.717) is 79.3 Å². The summed E-state index contributed by atoms with van der Waals surface area (Å²) in [6, 6.07) is 6.84. The fourth-order valence-electron chi connectivity index (χ4n) is 9.24. The number of benzene rings is 1. The highest BCUT2D eigenvalue weighted by molar-refractivity contribution is 5.95. The Labute approximate surface area is 338 Å². The minimum absolute atomic E-state index is 0.00749. The van der Waals surface area contributed by atoms with Crippen LogP contribution < -0.4 is 16.1 Å². The average molecular weight is 807 g/mol. The number of carbonyl (C=O) groups excluding carboxylic acids is 2. The molecule has 12 nitrogen and oxygen atoms in total. The number of hydrogen-bond acceptors (Lipinski definition) is 10. The van der Waals surface area contributed by atoms with E-state index in [4.69, 9.17) is 20.2 Å². The van der Waals surface area contributed by atoms with Crippen molar-refractivity contribution < 1.29 is 32.2 Å². The number of esters is 1. The number of ether oxygens (including phenoxy) is 2. The average Bonchev–Trinajstić information content (AvgIpc) is 4.03. The van der Waals surface area contributed by atoms with Crippen LogP contribution in [0, 0.1) is 5.41 Å². The number of nitrogens with one attached hydrogen (secondary N) is 1. The molecule has 2 saturated heterocycles. The van der Waals surface area contributed by atoms with E-state index in [2.05, 4.69) is 26.2 Å². The molecule has 2 aromatic heterocycles. The van der Waals surface area contributed by atoms with Crippen molar-refractivity contribution in [2.24, 2.45) is 11.1 Å². The number of methoxy groups -OCH3 is 1. The second-order valence-electron chi connectivity index (χ2n) is 17.6. The lowest BCUT2D eigenvalue weighted by molar-refractivity contribution is -0.155. The molecule has 0 spiro atoms. The number of nitrogens with zero attached hydrogens (tertiary/aromatic N) is 6. The molecule has 0 radical (unpaired) electrons. The Hall–Kier alpha value is -4.02. The van der Waals surface area contributed by atoms with Crippen molar-refractivity contribution in [2.45, 2.75) is 96.2 Å². The molecule has 1 amide bonds. The Morgan fingerprint density at radius 2 is 1.84 bits per heavy atom. The molecule has 58 heavy (non-hydrogen) atoms. The minimum Gasteiger partial charge on any atom is -0.464 e. The summed E-state index contributed by atoms with van der Waals surface area (Å²) in [5, 5.41) is 2.16. The third kappa shape index (κ3) is 8.65. The van der Waals surface area contributed by atoms with Crippen molar-refractivity contribution in [3.05, 3.63) is 53.4 Å². The summed E-state index contributed by atoms with van der Waals surface area (Å²) >= 11 is 0. The number of hydrazine groups is 1. The predicted octanol–water partition coefficient (Wildman–Crippen LogP) is 5.29. The number of aromatic nitrogens is 2. The van der Waals surface area contributed by atoms with Gasteiger partial charge in [0.25, 0.3) is 5.91 Å². The summed E-state index contributed by atoms with van der Waals surface area (Å²) in [7, 11) is 1.58. The zero-order valence-corrected chi connectivity index (χ0v) is 34.1. The van der Waals surface area contributed by atoms with Crippen LogP contribution in [0.5, 0.6) is 0 Å². The number of amides is 1. The number of halogens is 3. The molecule has 3 fully saturated rings. The maximum absolute atomic E-state index is 14.9. The number of fused-ring (bicyclic) bond motifs is 6. The van der Waals surface area contributed by atoms with E-state index >= 15 is 0 Å². The van der Waals surface area contributed by atoms with Gasteiger partial charge in [0.1, 0.15) is 12.6 Å². The van der Waals surface area contributed by atoms with Crippen LogP contribution in [0.2, 0.25) is 0 Å². The fraction of sp³-hybridized carbons (Fsp3) is 0.605. The van der Waals surface area contributed by atoms with Gasteiger partial charge in [0.15, 0.2) is 0 Å². The maximum Gasteiger partial charge on any atom is 0.406 e. The highest BCUT2D eigenvalue weighted by atomic mass is 19.4. The van der Waals surface area contributed by atoms with Crippen molar-refractivity contribution in [1.82, 2.24) is 29.8 Å². The van der Waals surface area contributed by atoms with Crippen LogP contribution in [0.4, 0.5) is 18.9 Å². The van der Waals surface area contributed by atoms with E-state index < -0.39 is 42.3 Å². The maximum atomic E-state index is 14.9. The number of nitrogens with two attached hydrogens (primary N) is 1. The molecule has 8 rings (SSSR count). The predicted molar refractivity (Wildman–Crippen MR) is 217 cm³/mol. The molecule has 15 heteroatoms. The fourth-order valence-corrected chi connectivity index (χ4v) is 9.24. The molecule has 6 bridgehead atoms. The number of rotatable bonds is 6. The van der Waals surface area contributed by atoms with Gasteiger partial charge in [-0.25, -0.2) is 5.43 Å². The van der Waals surface area contributed by atoms with Gasteiger partial charge in [0.05, 0.1) is 42.0 Å². The zero-order chi connectivity index (χ0) is 40.9. The Morgan fingerprint density at radius 1 is 1.07 bits per heavy atom. The Bertz CT molecular complexity index is 2050. The van der Waals surface area contributed by atoms with Gasteiger partial charge in [0.2, 0.25) is 0 Å². The summed E-state index contributed by atoms with van der Waals surface area (Å²) in [6.45, 7) is 10.1. The lowest BCUT2D eigenvalue weighted by Gasteiger charge is -2.36. The highest BCUT2D eigenvalue weighted by Crippen LogP contribution is 2.44. The quantitative estimate of drug-likeness (QED) is 0.318. The van der Waals surface area contributed by atoms with Gasteiger partial charge < -0.3 is 24.7 Å². The first-order valence-corrected chi connectivity index (χ1v) is 20.8. The van der Waals surface area contributed by atoms with Crippen LogP contribution in [0.25, 0.3) is 27.7 Å². The molecule has 4 atom stereocenters. The standard InChI is InChI=1S/C43H57F3N8O4/c1-27(57-4)38-33(20-31(22-48-38)52-17-15-51(16-18-52)30-10-11-30)39-34-21-42(2,3)26-58-41(56)36-8-6-14-54(49-36)40(55)35(47)24-50-13-5-7-29(23-50)28-9-12-37(32(34)19-28)53(39)25-43(44,45)46/h7,9,12,19-20,22,27,30,35-36,49H,5-6,8,10-11,13-18,21,23-26,47H2,1-4H3/t27-,35-,36-/m0/s1. The molecule has 4 aliphatic heterocycles. The van der Waals surface area contributed by atoms with Crippen molar-refractivity contribution in [3.63, 3.8) is 0 Å². The first kappa shape index (κ1) is 40.7. The first-order valence-electron chi connectivity index (χ1n) is 20.8. The van der Waals surface area contributed by atoms with Crippen LogP contribution in [-0.2, 0) is 32.0 Å². The van der Waals surface area contributed by atoms with E-state index in [9.17, 15) is 22.8 Å². The lowest BCUT2D eigenvalue weighted by atomic mass is 9.84. The molecule has 3 aromatic rings. The second kappa shape index (κ2) is 16.2. The summed E-state index contributed by atoms with van der Waals surface area (Å²) in [4.78, 5) is 39.0. The number of alkyl halides is 3. The lowest BCUT2D eigenvalue weighted by Crippen LogP contribution is -2.60. The third-order valence-electron chi connectivity index (χ3n) is 12.5. The molecular formula is C43H57F3N8O4. The molecule has 1 saturated carbocycles. The number of piperazine rings is 1. The number of cyclic esters (lactones) is 1.